The number of fused-ring (bicyclic) bond motifs is 1. The fourth-order valence-corrected chi connectivity index (χ4v) is 4.87. The lowest BCUT2D eigenvalue weighted by Gasteiger charge is -2.49. The minimum absolute atomic E-state index is 0.0145. The third kappa shape index (κ3) is 3.85. The SMILES string of the molecule is C[C@@]1(C(=O)N/N=C\c2cccc([N+](=O)[O-])c2)NC2(CCCCC2)Cc2ccccc21. The number of hydrazone groups is 1. The molecule has 0 bridgehead atoms. The normalized spacial score (nSPS) is 22.6. The summed E-state index contributed by atoms with van der Waals surface area (Å²) in [4.78, 5) is 23.8. The zero-order valence-electron chi connectivity index (χ0n) is 17.1. The lowest BCUT2D eigenvalue weighted by atomic mass is 9.69. The highest BCUT2D eigenvalue weighted by molar-refractivity contribution is 5.89. The molecular weight excluding hydrogens is 380 g/mol. The Morgan fingerprint density at radius 3 is 2.70 bits per heavy atom. The van der Waals surface area contributed by atoms with Crippen molar-refractivity contribution in [2.24, 2.45) is 5.10 Å². The van der Waals surface area contributed by atoms with Gasteiger partial charge in [0.2, 0.25) is 0 Å². The molecular formula is C23H26N4O3. The van der Waals surface area contributed by atoms with Crippen LogP contribution >= 0.6 is 0 Å². The molecule has 7 nitrogen and oxygen atoms in total. The van der Waals surface area contributed by atoms with E-state index >= 15 is 0 Å². The number of carbonyl (C=O) groups excluding carboxylic acids is 1. The van der Waals surface area contributed by atoms with Gasteiger partial charge < -0.3 is 0 Å². The Labute approximate surface area is 175 Å². The van der Waals surface area contributed by atoms with Crippen LogP contribution in [0.25, 0.3) is 0 Å². The molecule has 0 unspecified atom stereocenters. The maximum Gasteiger partial charge on any atom is 0.270 e. The van der Waals surface area contributed by atoms with Crippen LogP contribution in [0.1, 0.15) is 55.7 Å². The summed E-state index contributed by atoms with van der Waals surface area (Å²) in [6.45, 7) is 1.92. The van der Waals surface area contributed by atoms with Gasteiger partial charge in [0.25, 0.3) is 11.6 Å². The summed E-state index contributed by atoms with van der Waals surface area (Å²) in [5.41, 5.74) is 4.41. The second-order valence-electron chi connectivity index (χ2n) is 8.48. The third-order valence-electron chi connectivity index (χ3n) is 6.33. The molecule has 30 heavy (non-hydrogen) atoms. The molecule has 1 saturated carbocycles. The summed E-state index contributed by atoms with van der Waals surface area (Å²) >= 11 is 0. The van der Waals surface area contributed by atoms with Crippen molar-refractivity contribution in [1.82, 2.24) is 10.7 Å². The Balaban J connectivity index is 1.57. The van der Waals surface area contributed by atoms with E-state index in [1.54, 1.807) is 12.1 Å². The number of hydrogen-bond acceptors (Lipinski definition) is 5. The van der Waals surface area contributed by atoms with Crippen LogP contribution in [-0.2, 0) is 16.8 Å². The fraction of sp³-hybridized carbons (Fsp3) is 0.391. The van der Waals surface area contributed by atoms with Crippen LogP contribution in [0.15, 0.2) is 53.6 Å². The number of nitrogens with zero attached hydrogens (tertiary/aromatic N) is 2. The van der Waals surface area contributed by atoms with E-state index in [4.69, 9.17) is 0 Å². The van der Waals surface area contributed by atoms with E-state index in [-0.39, 0.29) is 17.1 Å². The molecule has 2 aromatic carbocycles. The van der Waals surface area contributed by atoms with E-state index in [1.807, 2.05) is 25.1 Å². The molecule has 1 fully saturated rings. The van der Waals surface area contributed by atoms with Crippen molar-refractivity contribution in [3.8, 4) is 0 Å². The number of nitro groups is 1. The van der Waals surface area contributed by atoms with E-state index in [0.717, 1.165) is 37.7 Å². The fourth-order valence-electron chi connectivity index (χ4n) is 4.87. The Morgan fingerprint density at radius 1 is 1.17 bits per heavy atom. The molecule has 156 valence electrons. The van der Waals surface area contributed by atoms with Crippen molar-refractivity contribution in [1.29, 1.82) is 0 Å². The first-order valence-electron chi connectivity index (χ1n) is 10.4. The molecule has 1 heterocycles. The van der Waals surface area contributed by atoms with Gasteiger partial charge in [-0.3, -0.25) is 20.2 Å². The first-order chi connectivity index (χ1) is 14.4. The first-order valence-corrected chi connectivity index (χ1v) is 10.4. The molecule has 1 aliphatic carbocycles. The molecule has 2 aliphatic rings. The molecule has 1 amide bonds. The van der Waals surface area contributed by atoms with Crippen LogP contribution < -0.4 is 10.7 Å². The Kier molecular flexibility index (Phi) is 5.39. The van der Waals surface area contributed by atoms with Crippen molar-refractivity contribution >= 4 is 17.8 Å². The molecule has 1 atom stereocenters. The molecule has 2 aromatic rings. The lowest BCUT2D eigenvalue weighted by molar-refractivity contribution is -0.384. The molecule has 7 heteroatoms. The average molecular weight is 406 g/mol. The van der Waals surface area contributed by atoms with E-state index in [0.29, 0.717) is 5.56 Å². The smallest absolute Gasteiger partial charge is 0.270 e. The Bertz CT molecular complexity index is 997. The molecule has 2 N–H and O–H groups in total. The molecule has 1 spiro atoms. The van der Waals surface area contributed by atoms with Gasteiger partial charge in [0.05, 0.1) is 11.1 Å². The molecule has 0 saturated heterocycles. The number of nitro benzene ring substituents is 1. The molecule has 0 aromatic heterocycles. The van der Waals surface area contributed by atoms with Gasteiger partial charge >= 0.3 is 0 Å². The highest BCUT2D eigenvalue weighted by Gasteiger charge is 2.48. The minimum Gasteiger partial charge on any atom is -0.294 e. The third-order valence-corrected chi connectivity index (χ3v) is 6.33. The van der Waals surface area contributed by atoms with E-state index in [9.17, 15) is 14.9 Å². The number of hydrogen-bond donors (Lipinski definition) is 2. The summed E-state index contributed by atoms with van der Waals surface area (Å²) < 4.78 is 0. The van der Waals surface area contributed by atoms with Crippen molar-refractivity contribution in [2.45, 2.75) is 56.5 Å². The van der Waals surface area contributed by atoms with Gasteiger partial charge in [0, 0.05) is 23.2 Å². The zero-order valence-corrected chi connectivity index (χ0v) is 17.1. The van der Waals surface area contributed by atoms with Crippen molar-refractivity contribution in [3.05, 3.63) is 75.3 Å². The summed E-state index contributed by atoms with van der Waals surface area (Å²) in [5, 5.41) is 18.7. The molecule has 0 radical (unpaired) electrons. The van der Waals surface area contributed by atoms with Gasteiger partial charge in [-0.05, 0) is 37.3 Å². The largest absolute Gasteiger partial charge is 0.294 e. The lowest BCUT2D eigenvalue weighted by Crippen LogP contribution is -2.65. The summed E-state index contributed by atoms with van der Waals surface area (Å²) in [6.07, 6.45) is 8.04. The van der Waals surface area contributed by atoms with Gasteiger partial charge in [-0.25, -0.2) is 5.43 Å². The van der Waals surface area contributed by atoms with Crippen molar-refractivity contribution in [2.75, 3.05) is 0 Å². The molecule has 4 rings (SSSR count). The predicted molar refractivity (Wildman–Crippen MR) is 115 cm³/mol. The highest BCUT2D eigenvalue weighted by atomic mass is 16.6. The summed E-state index contributed by atoms with van der Waals surface area (Å²) in [6, 6.07) is 14.2. The number of nitrogens with one attached hydrogen (secondary N) is 2. The Morgan fingerprint density at radius 2 is 1.93 bits per heavy atom. The summed E-state index contributed by atoms with van der Waals surface area (Å²) in [5.74, 6) is -0.235. The van der Waals surface area contributed by atoms with Gasteiger partial charge in [-0.15, -0.1) is 0 Å². The van der Waals surface area contributed by atoms with E-state index in [1.165, 1.54) is 30.3 Å². The number of non-ortho nitro benzene ring substituents is 1. The van der Waals surface area contributed by atoms with E-state index < -0.39 is 10.5 Å². The average Bonchev–Trinajstić information content (AvgIpc) is 2.74. The van der Waals surface area contributed by atoms with Crippen LogP contribution in [0.3, 0.4) is 0 Å². The second-order valence-corrected chi connectivity index (χ2v) is 8.48. The minimum atomic E-state index is -0.897. The van der Waals surface area contributed by atoms with Crippen LogP contribution in [0.4, 0.5) is 5.69 Å². The number of carbonyl (C=O) groups is 1. The van der Waals surface area contributed by atoms with Crippen LogP contribution in [0.5, 0.6) is 0 Å². The van der Waals surface area contributed by atoms with Gasteiger partial charge in [0.1, 0.15) is 5.54 Å². The second kappa shape index (κ2) is 7.99. The summed E-state index contributed by atoms with van der Waals surface area (Å²) in [7, 11) is 0. The monoisotopic (exact) mass is 406 g/mol. The first kappa shape index (κ1) is 20.2. The maximum atomic E-state index is 13.3. The zero-order chi connectivity index (χ0) is 21.2. The maximum absolute atomic E-state index is 13.3. The number of benzene rings is 2. The van der Waals surface area contributed by atoms with Crippen molar-refractivity contribution < 1.29 is 9.72 Å². The standard InChI is InChI=1S/C23H26N4O3/c1-22(21(28)25-24-16-17-8-7-10-19(14-17)27(29)30)20-11-4-3-9-18(20)15-23(26-22)12-5-2-6-13-23/h3-4,7-11,14,16,26H,2,5-6,12-13,15H2,1H3,(H,25,28)/b24-16-/t22-/m1/s1. The predicted octanol–water partition coefficient (Wildman–Crippen LogP) is 3.81. The highest BCUT2D eigenvalue weighted by Crippen LogP contribution is 2.41. The van der Waals surface area contributed by atoms with Gasteiger partial charge in [0.15, 0.2) is 0 Å². The Hall–Kier alpha value is -3.06. The van der Waals surface area contributed by atoms with Gasteiger partial charge in [-0.2, -0.15) is 5.10 Å². The van der Waals surface area contributed by atoms with Crippen molar-refractivity contribution in [3.63, 3.8) is 0 Å². The van der Waals surface area contributed by atoms with Crippen LogP contribution in [0, 0.1) is 10.1 Å². The van der Waals surface area contributed by atoms with E-state index in [2.05, 4.69) is 21.9 Å². The van der Waals surface area contributed by atoms with Crippen LogP contribution in [-0.4, -0.2) is 22.6 Å². The van der Waals surface area contributed by atoms with Crippen LogP contribution in [0.2, 0.25) is 0 Å². The van der Waals surface area contributed by atoms with Gasteiger partial charge in [-0.1, -0.05) is 55.7 Å². The molecule has 1 aliphatic heterocycles. The number of rotatable bonds is 4. The quantitative estimate of drug-likeness (QED) is 0.458. The topological polar surface area (TPSA) is 96.6 Å². The number of amides is 1.